The number of aliphatic carboxylic acids is 1. The standard InChI is InChI=1S/C34H47N5O6/c1-22(2)19-29(31(41)37-27-13-7-10-17-38(3)16-9-4-8-15-35-30(27)40)36-28(34(44)45)14-18-39-32(42)25-20-23-11-5-6-12-24(23)21-26(25)33(39)43/h5-6,11-12,20-22,27-29,36H,4,7-10,13-19H2,1-3H3,(H,35,40)(H,37,41)(H,44,45)/t27?,28-,29+/m1/s1. The van der Waals surface area contributed by atoms with Crippen LogP contribution in [0.3, 0.4) is 0 Å². The molecule has 4 rings (SSSR count). The molecule has 2 aromatic carbocycles. The predicted octanol–water partition coefficient (Wildman–Crippen LogP) is 3.17. The van der Waals surface area contributed by atoms with Crippen LogP contribution in [-0.2, 0) is 14.4 Å². The summed E-state index contributed by atoms with van der Waals surface area (Å²) in [6.45, 7) is 6.22. The normalized spacial score (nSPS) is 20.1. The van der Waals surface area contributed by atoms with Gasteiger partial charge >= 0.3 is 5.97 Å². The second-order valence-corrected chi connectivity index (χ2v) is 12.7. The Morgan fingerprint density at radius 3 is 2.16 bits per heavy atom. The molecule has 45 heavy (non-hydrogen) atoms. The largest absolute Gasteiger partial charge is 0.480 e. The van der Waals surface area contributed by atoms with Crippen molar-refractivity contribution in [3.63, 3.8) is 0 Å². The van der Waals surface area contributed by atoms with Gasteiger partial charge in [-0.1, -0.05) is 44.5 Å². The first-order chi connectivity index (χ1) is 21.5. The number of fused-ring (bicyclic) bond motifs is 2. The minimum atomic E-state index is -1.20. The van der Waals surface area contributed by atoms with E-state index in [2.05, 4.69) is 27.9 Å². The first-order valence-electron chi connectivity index (χ1n) is 16.2. The molecular formula is C34H47N5O6. The molecule has 4 amide bonds. The van der Waals surface area contributed by atoms with Crippen molar-refractivity contribution in [2.75, 3.05) is 33.2 Å². The third-order valence-electron chi connectivity index (χ3n) is 8.63. The van der Waals surface area contributed by atoms with Crippen LogP contribution in [-0.4, -0.2) is 95.9 Å². The van der Waals surface area contributed by atoms with Gasteiger partial charge in [-0.25, -0.2) is 0 Å². The SMILES string of the molecule is CC(C)C[C@H](N[C@H](CCN1C(=O)c2cc3ccccc3cc2C1=O)C(=O)O)C(=O)NC1CCCCN(C)CCCCCNC1=O. The van der Waals surface area contributed by atoms with Gasteiger partial charge in [-0.05, 0) is 93.9 Å². The third-order valence-corrected chi connectivity index (χ3v) is 8.63. The van der Waals surface area contributed by atoms with Gasteiger partial charge < -0.3 is 20.6 Å². The minimum Gasteiger partial charge on any atom is -0.480 e. The van der Waals surface area contributed by atoms with E-state index in [1.807, 2.05) is 38.1 Å². The van der Waals surface area contributed by atoms with Crippen LogP contribution >= 0.6 is 0 Å². The zero-order chi connectivity index (χ0) is 32.5. The van der Waals surface area contributed by atoms with Crippen molar-refractivity contribution < 1.29 is 29.1 Å². The Morgan fingerprint density at radius 1 is 0.933 bits per heavy atom. The molecule has 11 heteroatoms. The Morgan fingerprint density at radius 2 is 1.56 bits per heavy atom. The van der Waals surface area contributed by atoms with Crippen LogP contribution in [0.25, 0.3) is 10.8 Å². The van der Waals surface area contributed by atoms with Crippen LogP contribution in [0, 0.1) is 5.92 Å². The molecule has 4 N–H and O–H groups in total. The molecule has 2 aliphatic rings. The zero-order valence-electron chi connectivity index (χ0n) is 26.6. The highest BCUT2D eigenvalue weighted by atomic mass is 16.4. The predicted molar refractivity (Wildman–Crippen MR) is 172 cm³/mol. The van der Waals surface area contributed by atoms with Crippen molar-refractivity contribution >= 4 is 40.4 Å². The molecule has 3 atom stereocenters. The van der Waals surface area contributed by atoms with E-state index in [0.29, 0.717) is 30.5 Å². The number of rotatable bonds is 10. The zero-order valence-corrected chi connectivity index (χ0v) is 26.6. The lowest BCUT2D eigenvalue weighted by Crippen LogP contribution is -2.56. The highest BCUT2D eigenvalue weighted by Crippen LogP contribution is 2.28. The minimum absolute atomic E-state index is 0.0532. The summed E-state index contributed by atoms with van der Waals surface area (Å²) in [6, 6.07) is 8.02. The molecule has 1 saturated heterocycles. The van der Waals surface area contributed by atoms with Gasteiger partial charge in [-0.3, -0.25) is 34.2 Å². The first kappa shape index (κ1) is 34.1. The summed E-state index contributed by atoms with van der Waals surface area (Å²) < 4.78 is 0. The van der Waals surface area contributed by atoms with E-state index < -0.39 is 41.8 Å². The molecular weight excluding hydrogens is 574 g/mol. The van der Waals surface area contributed by atoms with E-state index in [1.54, 1.807) is 12.1 Å². The Bertz CT molecular complexity index is 1340. The number of carbonyl (C=O) groups is 5. The van der Waals surface area contributed by atoms with E-state index in [9.17, 15) is 29.1 Å². The van der Waals surface area contributed by atoms with Crippen LogP contribution in [0.2, 0.25) is 0 Å². The number of carboxylic acid groups (broad SMARTS) is 1. The summed E-state index contributed by atoms with van der Waals surface area (Å²) in [5.41, 5.74) is 0.598. The van der Waals surface area contributed by atoms with Gasteiger partial charge in [-0.2, -0.15) is 0 Å². The lowest BCUT2D eigenvalue weighted by Gasteiger charge is -2.27. The number of amides is 4. The number of benzene rings is 2. The average Bonchev–Trinajstić information content (AvgIpc) is 3.24. The van der Waals surface area contributed by atoms with Gasteiger partial charge in [0.05, 0.1) is 17.2 Å². The van der Waals surface area contributed by atoms with Gasteiger partial charge in [-0.15, -0.1) is 0 Å². The second kappa shape index (κ2) is 15.9. The summed E-state index contributed by atoms with van der Waals surface area (Å²) >= 11 is 0. The smallest absolute Gasteiger partial charge is 0.320 e. The summed E-state index contributed by atoms with van der Waals surface area (Å²) in [7, 11) is 2.10. The van der Waals surface area contributed by atoms with Gasteiger partial charge in [0.2, 0.25) is 11.8 Å². The number of carboxylic acids is 1. The second-order valence-electron chi connectivity index (χ2n) is 12.7. The summed E-state index contributed by atoms with van der Waals surface area (Å²) in [4.78, 5) is 68.7. The summed E-state index contributed by atoms with van der Waals surface area (Å²) in [5, 5.41) is 20.6. The maximum Gasteiger partial charge on any atom is 0.320 e. The number of nitrogens with one attached hydrogen (secondary N) is 3. The Kier molecular flexibility index (Phi) is 12.1. The fourth-order valence-corrected chi connectivity index (χ4v) is 6.08. The molecule has 0 bridgehead atoms. The Hall–Kier alpha value is -3.83. The van der Waals surface area contributed by atoms with Gasteiger partial charge in [0.15, 0.2) is 0 Å². The summed E-state index contributed by atoms with van der Waals surface area (Å²) in [6.07, 6.45) is 5.35. The van der Waals surface area contributed by atoms with E-state index in [1.165, 1.54) is 0 Å². The number of nitrogens with zero attached hydrogens (tertiary/aromatic N) is 2. The Balaban J connectivity index is 1.42. The fourth-order valence-electron chi connectivity index (χ4n) is 6.08. The highest BCUT2D eigenvalue weighted by molar-refractivity contribution is 6.23. The molecule has 1 unspecified atom stereocenters. The molecule has 0 aliphatic carbocycles. The van der Waals surface area contributed by atoms with Crippen molar-refractivity contribution in [1.29, 1.82) is 0 Å². The quantitative estimate of drug-likeness (QED) is 0.296. The molecule has 11 nitrogen and oxygen atoms in total. The van der Waals surface area contributed by atoms with Gasteiger partial charge in [0.1, 0.15) is 12.1 Å². The maximum absolute atomic E-state index is 13.6. The van der Waals surface area contributed by atoms with Crippen molar-refractivity contribution in [2.24, 2.45) is 5.92 Å². The number of hydrogen-bond acceptors (Lipinski definition) is 7. The number of imide groups is 1. The molecule has 0 spiro atoms. The van der Waals surface area contributed by atoms with Crippen molar-refractivity contribution in [3.8, 4) is 0 Å². The molecule has 2 heterocycles. The molecule has 0 saturated carbocycles. The Labute approximate surface area is 265 Å². The van der Waals surface area contributed by atoms with Crippen LogP contribution in [0.1, 0.15) is 85.9 Å². The summed E-state index contributed by atoms with van der Waals surface area (Å²) in [5.74, 6) is -2.73. The lowest BCUT2D eigenvalue weighted by molar-refractivity contribution is -0.140. The molecule has 244 valence electrons. The third kappa shape index (κ3) is 9.11. The van der Waals surface area contributed by atoms with Crippen LogP contribution in [0.5, 0.6) is 0 Å². The van der Waals surface area contributed by atoms with Crippen molar-refractivity contribution in [2.45, 2.75) is 83.3 Å². The van der Waals surface area contributed by atoms with Gasteiger partial charge in [0, 0.05) is 13.1 Å². The maximum atomic E-state index is 13.6. The van der Waals surface area contributed by atoms with Crippen LogP contribution < -0.4 is 16.0 Å². The van der Waals surface area contributed by atoms with Crippen molar-refractivity contribution in [3.05, 3.63) is 47.5 Å². The monoisotopic (exact) mass is 621 g/mol. The number of carbonyl (C=O) groups excluding carboxylic acids is 4. The first-order valence-corrected chi connectivity index (χ1v) is 16.2. The molecule has 0 aromatic heterocycles. The van der Waals surface area contributed by atoms with Crippen LogP contribution in [0.4, 0.5) is 0 Å². The number of hydrogen-bond donors (Lipinski definition) is 4. The highest BCUT2D eigenvalue weighted by Gasteiger charge is 2.37. The molecule has 1 fully saturated rings. The van der Waals surface area contributed by atoms with E-state index in [-0.39, 0.29) is 24.8 Å². The van der Waals surface area contributed by atoms with Crippen molar-refractivity contribution in [1.82, 2.24) is 25.8 Å². The molecule has 2 aromatic rings. The fraction of sp³-hybridized carbons (Fsp3) is 0.559. The van der Waals surface area contributed by atoms with E-state index in [4.69, 9.17) is 0 Å². The topological polar surface area (TPSA) is 148 Å². The molecule has 2 aliphatic heterocycles. The van der Waals surface area contributed by atoms with Gasteiger partial charge in [0.25, 0.3) is 11.8 Å². The van der Waals surface area contributed by atoms with E-state index in [0.717, 1.165) is 60.9 Å². The average molecular weight is 622 g/mol. The van der Waals surface area contributed by atoms with Crippen LogP contribution in [0.15, 0.2) is 36.4 Å². The van der Waals surface area contributed by atoms with E-state index >= 15 is 0 Å². The molecule has 0 radical (unpaired) electrons. The lowest BCUT2D eigenvalue weighted by atomic mass is 10.00.